The molecular formula is C7H10N2O. The fraction of sp³-hybridized carbons (Fsp3) is 0.571. The first kappa shape index (κ1) is 5.92. The van der Waals surface area contributed by atoms with Gasteiger partial charge in [0, 0.05) is 11.8 Å². The number of rotatable bonds is 2. The molecule has 0 aliphatic heterocycles. The molecule has 0 aromatic carbocycles. The van der Waals surface area contributed by atoms with Crippen molar-refractivity contribution in [3.05, 3.63) is 18.0 Å². The smallest absolute Gasteiger partial charge is 0.0848 e. The van der Waals surface area contributed by atoms with Gasteiger partial charge in [0.15, 0.2) is 0 Å². The predicted octanol–water partition coefficient (Wildman–Crippen LogP) is 0.853. The average molecular weight is 138 g/mol. The number of aliphatic hydroxyl groups is 1. The number of H-pyrrole nitrogens is 1. The van der Waals surface area contributed by atoms with Crippen LogP contribution in [0.3, 0.4) is 0 Å². The molecular weight excluding hydrogens is 128 g/mol. The van der Waals surface area contributed by atoms with Gasteiger partial charge in [0.2, 0.25) is 0 Å². The van der Waals surface area contributed by atoms with Crippen LogP contribution in [0.15, 0.2) is 12.4 Å². The number of hydrogen-bond acceptors (Lipinski definition) is 2. The van der Waals surface area contributed by atoms with E-state index in [1.165, 1.54) is 0 Å². The lowest BCUT2D eigenvalue weighted by atomic mass is 10.1. The van der Waals surface area contributed by atoms with Gasteiger partial charge < -0.3 is 5.11 Å². The third-order valence-corrected chi connectivity index (χ3v) is 1.93. The quantitative estimate of drug-likeness (QED) is 0.636. The van der Waals surface area contributed by atoms with E-state index >= 15 is 0 Å². The zero-order chi connectivity index (χ0) is 6.97. The summed E-state index contributed by atoms with van der Waals surface area (Å²) in [6.45, 7) is 0. The Bertz CT molecular complexity index is 203. The van der Waals surface area contributed by atoms with Crippen LogP contribution in [0.2, 0.25) is 0 Å². The van der Waals surface area contributed by atoms with E-state index in [0.29, 0.717) is 5.92 Å². The molecule has 0 saturated heterocycles. The first-order chi connectivity index (χ1) is 4.88. The minimum atomic E-state index is -0.279. The molecule has 54 valence electrons. The zero-order valence-corrected chi connectivity index (χ0v) is 5.62. The number of aromatic amines is 1. The lowest BCUT2D eigenvalue weighted by molar-refractivity contribution is 0.154. The van der Waals surface area contributed by atoms with Crippen molar-refractivity contribution >= 4 is 0 Å². The van der Waals surface area contributed by atoms with Crippen molar-refractivity contribution in [2.24, 2.45) is 5.92 Å². The minimum Gasteiger partial charge on any atom is -0.388 e. The van der Waals surface area contributed by atoms with Gasteiger partial charge >= 0.3 is 0 Å². The van der Waals surface area contributed by atoms with Crippen molar-refractivity contribution in [3.63, 3.8) is 0 Å². The van der Waals surface area contributed by atoms with Crippen LogP contribution >= 0.6 is 0 Å². The molecule has 1 aromatic heterocycles. The zero-order valence-electron chi connectivity index (χ0n) is 5.62. The summed E-state index contributed by atoms with van der Waals surface area (Å²) < 4.78 is 0. The van der Waals surface area contributed by atoms with Gasteiger partial charge in [0.05, 0.1) is 12.3 Å². The highest BCUT2D eigenvalue weighted by molar-refractivity contribution is 5.09. The third kappa shape index (κ3) is 0.926. The van der Waals surface area contributed by atoms with Gasteiger partial charge in [-0.05, 0) is 18.8 Å². The molecule has 1 aliphatic rings. The fourth-order valence-corrected chi connectivity index (χ4v) is 1.11. The van der Waals surface area contributed by atoms with Crippen LogP contribution in [0.25, 0.3) is 0 Å². The highest BCUT2D eigenvalue weighted by Crippen LogP contribution is 2.40. The maximum Gasteiger partial charge on any atom is 0.0848 e. The molecule has 2 N–H and O–H groups in total. The monoisotopic (exact) mass is 138 g/mol. The standard InChI is InChI=1S/C7H10N2O/c10-7(5-1-2-5)6-3-8-9-4-6/h3-5,7,10H,1-2H2,(H,8,9). The normalized spacial score (nSPS) is 20.9. The van der Waals surface area contributed by atoms with Crippen LogP contribution < -0.4 is 0 Å². The third-order valence-electron chi connectivity index (χ3n) is 1.93. The molecule has 1 unspecified atom stereocenters. The van der Waals surface area contributed by atoms with Gasteiger partial charge in [-0.2, -0.15) is 5.10 Å². The summed E-state index contributed by atoms with van der Waals surface area (Å²) in [7, 11) is 0. The largest absolute Gasteiger partial charge is 0.388 e. The van der Waals surface area contributed by atoms with Crippen molar-refractivity contribution in [1.82, 2.24) is 10.2 Å². The van der Waals surface area contributed by atoms with Gasteiger partial charge in [-0.25, -0.2) is 0 Å². The summed E-state index contributed by atoms with van der Waals surface area (Å²) in [5.74, 6) is 0.498. The molecule has 1 heterocycles. The van der Waals surface area contributed by atoms with Gasteiger partial charge in [0.1, 0.15) is 0 Å². The van der Waals surface area contributed by atoms with E-state index < -0.39 is 0 Å². The van der Waals surface area contributed by atoms with Gasteiger partial charge in [-0.3, -0.25) is 5.10 Å². The van der Waals surface area contributed by atoms with Gasteiger partial charge in [-0.1, -0.05) is 0 Å². The van der Waals surface area contributed by atoms with Crippen LogP contribution in [-0.2, 0) is 0 Å². The van der Waals surface area contributed by atoms with Gasteiger partial charge in [-0.15, -0.1) is 0 Å². The molecule has 3 heteroatoms. The summed E-state index contributed by atoms with van der Waals surface area (Å²) in [6.07, 6.45) is 5.48. The molecule has 1 fully saturated rings. The number of aromatic nitrogens is 2. The molecule has 0 radical (unpaired) electrons. The summed E-state index contributed by atoms with van der Waals surface area (Å²) in [5, 5.41) is 15.9. The Morgan fingerprint density at radius 3 is 3.00 bits per heavy atom. The number of hydrogen-bond donors (Lipinski definition) is 2. The molecule has 0 bridgehead atoms. The molecule has 1 aromatic rings. The Kier molecular flexibility index (Phi) is 1.24. The SMILES string of the molecule is OC(c1cn[nH]c1)C1CC1. The van der Waals surface area contributed by atoms with Crippen LogP contribution in [0.4, 0.5) is 0 Å². The highest BCUT2D eigenvalue weighted by atomic mass is 16.3. The topological polar surface area (TPSA) is 48.9 Å². The number of aliphatic hydroxyl groups excluding tert-OH is 1. The van der Waals surface area contributed by atoms with Crippen molar-refractivity contribution in [3.8, 4) is 0 Å². The van der Waals surface area contributed by atoms with E-state index in [0.717, 1.165) is 18.4 Å². The fourth-order valence-electron chi connectivity index (χ4n) is 1.11. The second-order valence-corrected chi connectivity index (χ2v) is 2.81. The first-order valence-electron chi connectivity index (χ1n) is 3.54. The summed E-state index contributed by atoms with van der Waals surface area (Å²) in [6, 6.07) is 0. The maximum absolute atomic E-state index is 9.49. The van der Waals surface area contributed by atoms with Crippen LogP contribution in [0.5, 0.6) is 0 Å². The molecule has 0 spiro atoms. The lowest BCUT2D eigenvalue weighted by Crippen LogP contribution is -1.96. The Morgan fingerprint density at radius 2 is 2.50 bits per heavy atom. The molecule has 3 nitrogen and oxygen atoms in total. The summed E-state index contributed by atoms with van der Waals surface area (Å²) in [5.41, 5.74) is 0.919. The highest BCUT2D eigenvalue weighted by Gasteiger charge is 2.30. The van der Waals surface area contributed by atoms with E-state index in [9.17, 15) is 5.11 Å². The second-order valence-electron chi connectivity index (χ2n) is 2.81. The molecule has 1 saturated carbocycles. The average Bonchev–Trinajstić information content (AvgIpc) is 2.65. The Labute approximate surface area is 59.1 Å². The summed E-state index contributed by atoms with van der Waals surface area (Å²) in [4.78, 5) is 0. The first-order valence-corrected chi connectivity index (χ1v) is 3.54. The molecule has 1 aliphatic carbocycles. The second kappa shape index (κ2) is 2.09. The van der Waals surface area contributed by atoms with Crippen LogP contribution in [0, 0.1) is 5.92 Å². The van der Waals surface area contributed by atoms with Crippen LogP contribution in [-0.4, -0.2) is 15.3 Å². The molecule has 1 atom stereocenters. The maximum atomic E-state index is 9.49. The lowest BCUT2D eigenvalue weighted by Gasteiger charge is -2.03. The van der Waals surface area contributed by atoms with Crippen molar-refractivity contribution < 1.29 is 5.11 Å². The van der Waals surface area contributed by atoms with E-state index in [1.807, 2.05) is 0 Å². The molecule has 0 amide bonds. The number of nitrogens with zero attached hydrogens (tertiary/aromatic N) is 1. The van der Waals surface area contributed by atoms with Crippen molar-refractivity contribution in [2.45, 2.75) is 18.9 Å². The van der Waals surface area contributed by atoms with E-state index in [4.69, 9.17) is 0 Å². The van der Waals surface area contributed by atoms with Crippen molar-refractivity contribution in [2.75, 3.05) is 0 Å². The Balaban J connectivity index is 2.11. The Hall–Kier alpha value is -0.830. The Morgan fingerprint density at radius 1 is 1.70 bits per heavy atom. The number of nitrogens with one attached hydrogen (secondary N) is 1. The van der Waals surface area contributed by atoms with E-state index in [-0.39, 0.29) is 6.10 Å². The van der Waals surface area contributed by atoms with E-state index in [2.05, 4.69) is 10.2 Å². The molecule has 10 heavy (non-hydrogen) atoms. The minimum absolute atomic E-state index is 0.279. The van der Waals surface area contributed by atoms with Crippen molar-refractivity contribution in [1.29, 1.82) is 0 Å². The van der Waals surface area contributed by atoms with E-state index in [1.54, 1.807) is 12.4 Å². The summed E-state index contributed by atoms with van der Waals surface area (Å²) >= 11 is 0. The van der Waals surface area contributed by atoms with Gasteiger partial charge in [0.25, 0.3) is 0 Å². The molecule has 2 rings (SSSR count). The predicted molar refractivity (Wildman–Crippen MR) is 36.3 cm³/mol. The van der Waals surface area contributed by atoms with Crippen LogP contribution in [0.1, 0.15) is 24.5 Å².